The zero-order valence-corrected chi connectivity index (χ0v) is 27.1. The number of imidazole rings is 1. The van der Waals surface area contributed by atoms with Gasteiger partial charge in [0.2, 0.25) is 0 Å². The van der Waals surface area contributed by atoms with Crippen molar-refractivity contribution < 1.29 is 18.7 Å². The Labute approximate surface area is 272 Å². The van der Waals surface area contributed by atoms with Gasteiger partial charge in [-0.1, -0.05) is 17.7 Å². The summed E-state index contributed by atoms with van der Waals surface area (Å²) in [6.45, 7) is 11.5. The zero-order valence-electron chi connectivity index (χ0n) is 26.4. The third-order valence-electron chi connectivity index (χ3n) is 8.66. The maximum Gasteiger partial charge on any atom is 0.338 e. The van der Waals surface area contributed by atoms with Gasteiger partial charge in [0.25, 0.3) is 0 Å². The first-order valence-corrected chi connectivity index (χ1v) is 16.2. The Morgan fingerprint density at radius 3 is 2.54 bits per heavy atom. The van der Waals surface area contributed by atoms with Crippen molar-refractivity contribution in [2.45, 2.75) is 58.5 Å². The van der Waals surface area contributed by atoms with Crippen molar-refractivity contribution in [3.63, 3.8) is 0 Å². The summed E-state index contributed by atoms with van der Waals surface area (Å²) in [5, 5.41) is 1.40. The lowest BCUT2D eigenvalue weighted by atomic mass is 10.1. The molecule has 2 aliphatic rings. The van der Waals surface area contributed by atoms with Gasteiger partial charge in [-0.3, -0.25) is 4.90 Å². The molecule has 240 valence electrons. The molecule has 7 rings (SSSR count). The molecule has 5 aromatic rings. The van der Waals surface area contributed by atoms with Crippen LogP contribution in [0.2, 0.25) is 5.02 Å². The Morgan fingerprint density at radius 2 is 1.83 bits per heavy atom. The van der Waals surface area contributed by atoms with E-state index in [2.05, 4.69) is 26.5 Å². The fourth-order valence-electron chi connectivity index (χ4n) is 6.12. The zero-order chi connectivity index (χ0) is 32.0. The number of hydrogen-bond acceptors (Lipinski definition) is 7. The van der Waals surface area contributed by atoms with E-state index in [0.717, 1.165) is 72.9 Å². The molecule has 9 nitrogen and oxygen atoms in total. The highest BCUT2D eigenvalue weighted by Crippen LogP contribution is 2.26. The van der Waals surface area contributed by atoms with E-state index in [9.17, 15) is 9.18 Å². The van der Waals surface area contributed by atoms with E-state index in [-0.39, 0.29) is 17.9 Å². The van der Waals surface area contributed by atoms with Gasteiger partial charge < -0.3 is 23.5 Å². The Hall–Kier alpha value is -3.99. The first kappa shape index (κ1) is 30.7. The smallest absolute Gasteiger partial charge is 0.338 e. The number of anilines is 1. The third kappa shape index (κ3) is 6.47. The highest BCUT2D eigenvalue weighted by molar-refractivity contribution is 6.30. The van der Waals surface area contributed by atoms with Crippen molar-refractivity contribution in [2.75, 3.05) is 37.7 Å². The van der Waals surface area contributed by atoms with Gasteiger partial charge in [-0.05, 0) is 75.7 Å². The van der Waals surface area contributed by atoms with E-state index >= 15 is 0 Å². The van der Waals surface area contributed by atoms with Crippen LogP contribution in [0.5, 0.6) is 0 Å². The molecule has 1 atom stereocenters. The number of halogens is 2. The van der Waals surface area contributed by atoms with Crippen LogP contribution in [0.3, 0.4) is 0 Å². The fourth-order valence-corrected chi connectivity index (χ4v) is 6.27. The van der Waals surface area contributed by atoms with Crippen molar-refractivity contribution in [3.8, 4) is 0 Å². The number of aromatic nitrogens is 4. The van der Waals surface area contributed by atoms with Crippen LogP contribution < -0.4 is 4.90 Å². The topological polar surface area (TPSA) is 77.7 Å². The van der Waals surface area contributed by atoms with E-state index in [0.29, 0.717) is 35.8 Å². The van der Waals surface area contributed by atoms with Gasteiger partial charge in [0.1, 0.15) is 28.7 Å². The van der Waals surface area contributed by atoms with E-state index in [4.69, 9.17) is 31.0 Å². The number of nitrogens with zero attached hydrogens (tertiary/aromatic N) is 6. The number of ether oxygens (including phenoxy) is 2. The molecule has 11 heteroatoms. The first-order chi connectivity index (χ1) is 22.1. The highest BCUT2D eigenvalue weighted by atomic mass is 35.5. The minimum atomic E-state index is -0.568. The summed E-state index contributed by atoms with van der Waals surface area (Å²) in [6, 6.07) is 16.5. The van der Waals surface area contributed by atoms with Crippen molar-refractivity contribution in [2.24, 2.45) is 0 Å². The molecular formula is C35H38ClFN6O3. The molecule has 0 unspecified atom stereocenters. The van der Waals surface area contributed by atoms with Crippen LogP contribution in [0.25, 0.3) is 22.1 Å². The summed E-state index contributed by atoms with van der Waals surface area (Å²) >= 11 is 5.95. The predicted octanol–water partition coefficient (Wildman–Crippen LogP) is 6.29. The SMILES string of the molecule is CC(C)(C)OC(=O)c1ccc2nc(CN3CCN(c4ccc5ccn(Cc6ccc(Cl)cc6F)c5n4)CC3)n(C[C@@H]3CCO3)c2c1. The number of hydrogen-bond donors (Lipinski definition) is 0. The summed E-state index contributed by atoms with van der Waals surface area (Å²) in [5.74, 6) is 1.22. The summed E-state index contributed by atoms with van der Waals surface area (Å²) in [5.41, 5.74) is 3.13. The fraction of sp³-hybridized carbons (Fsp3) is 0.400. The van der Waals surface area contributed by atoms with Gasteiger partial charge in [0, 0.05) is 55.0 Å². The Kier molecular flexibility index (Phi) is 8.21. The van der Waals surface area contributed by atoms with Crippen molar-refractivity contribution >= 4 is 45.5 Å². The highest BCUT2D eigenvalue weighted by Gasteiger charge is 2.26. The second-order valence-corrected chi connectivity index (χ2v) is 13.6. The number of benzene rings is 2. The van der Waals surface area contributed by atoms with Gasteiger partial charge in [-0.15, -0.1) is 0 Å². The van der Waals surface area contributed by atoms with Gasteiger partial charge >= 0.3 is 5.97 Å². The van der Waals surface area contributed by atoms with Crippen LogP contribution in [0, 0.1) is 5.82 Å². The average molecular weight is 645 g/mol. The van der Waals surface area contributed by atoms with Crippen molar-refractivity contribution in [3.05, 3.63) is 88.6 Å². The Bertz CT molecular complexity index is 1900. The molecule has 46 heavy (non-hydrogen) atoms. The molecule has 0 amide bonds. The minimum absolute atomic E-state index is 0.148. The summed E-state index contributed by atoms with van der Waals surface area (Å²) < 4.78 is 30.1. The number of esters is 1. The van der Waals surface area contributed by atoms with Gasteiger partial charge in [-0.25, -0.2) is 19.2 Å². The van der Waals surface area contributed by atoms with Crippen LogP contribution in [0.15, 0.2) is 60.8 Å². The molecule has 2 saturated heterocycles. The van der Waals surface area contributed by atoms with Crippen LogP contribution in [0.1, 0.15) is 48.9 Å². The predicted molar refractivity (Wildman–Crippen MR) is 177 cm³/mol. The summed E-state index contributed by atoms with van der Waals surface area (Å²) in [7, 11) is 0. The number of rotatable bonds is 8. The number of fused-ring (bicyclic) bond motifs is 2. The molecular weight excluding hydrogens is 607 g/mol. The van der Waals surface area contributed by atoms with Crippen molar-refractivity contribution in [1.82, 2.24) is 24.0 Å². The van der Waals surface area contributed by atoms with Gasteiger partial charge in [0.05, 0.1) is 42.3 Å². The molecule has 3 aromatic heterocycles. The number of pyridine rings is 1. The molecule has 0 radical (unpaired) electrons. The van der Waals surface area contributed by atoms with Crippen LogP contribution in [-0.4, -0.2) is 74.5 Å². The lowest BCUT2D eigenvalue weighted by Gasteiger charge is -2.35. The Balaban J connectivity index is 1.06. The van der Waals surface area contributed by atoms with E-state index in [1.165, 1.54) is 6.07 Å². The normalized spacial score (nSPS) is 17.5. The number of carbonyl (C=O) groups excluding carboxylic acids is 1. The summed E-state index contributed by atoms with van der Waals surface area (Å²) in [6.07, 6.45) is 3.11. The third-order valence-corrected chi connectivity index (χ3v) is 8.89. The lowest BCUT2D eigenvalue weighted by molar-refractivity contribution is -0.0592. The maximum absolute atomic E-state index is 14.5. The largest absolute Gasteiger partial charge is 0.456 e. The quantitative estimate of drug-likeness (QED) is 0.184. The van der Waals surface area contributed by atoms with Crippen LogP contribution in [-0.2, 0) is 29.1 Å². The molecule has 0 spiro atoms. The number of carbonyl (C=O) groups is 1. The molecule has 0 saturated carbocycles. The molecule has 0 aliphatic carbocycles. The van der Waals surface area contributed by atoms with Crippen LogP contribution in [0.4, 0.5) is 10.2 Å². The second kappa shape index (κ2) is 12.3. The molecule has 0 bridgehead atoms. The molecule has 2 aliphatic heterocycles. The van der Waals surface area contributed by atoms with Gasteiger partial charge in [-0.2, -0.15) is 0 Å². The maximum atomic E-state index is 14.5. The standard InChI is InChI=1S/C35H38ClFN6O3/c1-35(2,3)46-34(44)24-5-8-29-30(18-24)43(21-27-11-17-45-27)32(38-29)22-40-13-15-41(16-14-40)31-9-6-23-10-12-42(33(23)39-31)20-25-4-7-26(36)19-28(25)37/h4-10,12,18-19,27H,11,13-17,20-22H2,1-3H3/t27-/m0/s1. The van der Waals surface area contributed by atoms with E-state index < -0.39 is 5.60 Å². The monoisotopic (exact) mass is 644 g/mol. The molecule has 0 N–H and O–H groups in total. The second-order valence-electron chi connectivity index (χ2n) is 13.2. The minimum Gasteiger partial charge on any atom is -0.456 e. The summed E-state index contributed by atoms with van der Waals surface area (Å²) in [4.78, 5) is 27.6. The Morgan fingerprint density at radius 1 is 1.02 bits per heavy atom. The molecule has 2 aromatic carbocycles. The van der Waals surface area contributed by atoms with Gasteiger partial charge in [0.15, 0.2) is 0 Å². The van der Waals surface area contributed by atoms with E-state index in [1.807, 2.05) is 49.7 Å². The van der Waals surface area contributed by atoms with E-state index in [1.54, 1.807) is 18.2 Å². The molecule has 5 heterocycles. The van der Waals surface area contributed by atoms with Crippen molar-refractivity contribution in [1.29, 1.82) is 0 Å². The number of piperazine rings is 1. The lowest BCUT2D eigenvalue weighted by Crippen LogP contribution is -2.46. The first-order valence-electron chi connectivity index (χ1n) is 15.8. The van der Waals surface area contributed by atoms with Crippen LogP contribution >= 0.6 is 11.6 Å². The molecule has 2 fully saturated rings. The average Bonchev–Trinajstić information content (AvgIpc) is 3.55.